The van der Waals surface area contributed by atoms with Crippen molar-refractivity contribution >= 4 is 27.1 Å². The predicted octanol–water partition coefficient (Wildman–Crippen LogP) is 1.98. The van der Waals surface area contributed by atoms with Crippen molar-refractivity contribution in [2.24, 2.45) is 0 Å². The molecule has 0 radical (unpaired) electrons. The van der Waals surface area contributed by atoms with E-state index in [1.165, 1.54) is 0 Å². The summed E-state index contributed by atoms with van der Waals surface area (Å²) >= 11 is 1.58. The number of thiophene rings is 1. The van der Waals surface area contributed by atoms with Gasteiger partial charge in [-0.1, -0.05) is 0 Å². The van der Waals surface area contributed by atoms with Crippen molar-refractivity contribution in [1.29, 1.82) is 0 Å². The van der Waals surface area contributed by atoms with E-state index in [0.717, 1.165) is 15.6 Å². The predicted molar refractivity (Wildman–Crippen MR) is 58.7 cm³/mol. The second-order valence-electron chi connectivity index (χ2n) is 2.97. The molecule has 4 heteroatoms. The van der Waals surface area contributed by atoms with E-state index in [-0.39, 0.29) is 6.61 Å². The van der Waals surface area contributed by atoms with E-state index in [1.807, 2.05) is 17.5 Å². The number of aliphatic hydroxyl groups is 1. The number of hydrogen-bond acceptors (Lipinski definition) is 4. The van der Waals surface area contributed by atoms with Gasteiger partial charge >= 0.3 is 0 Å². The highest BCUT2D eigenvalue weighted by Crippen LogP contribution is 2.36. The molecule has 0 unspecified atom stereocenters. The first kappa shape index (κ1) is 9.30. The summed E-state index contributed by atoms with van der Waals surface area (Å²) in [4.78, 5) is 0. The van der Waals surface area contributed by atoms with E-state index < -0.39 is 0 Å². The molecule has 3 nitrogen and oxygen atoms in total. The fourth-order valence-corrected chi connectivity index (χ4v) is 2.49. The van der Waals surface area contributed by atoms with Crippen LogP contribution in [0.3, 0.4) is 0 Å². The number of rotatable bonds is 2. The van der Waals surface area contributed by atoms with Crippen molar-refractivity contribution < 1.29 is 9.84 Å². The molecule has 0 atom stereocenters. The molecular formula is C10H11NO2S. The molecule has 0 aliphatic heterocycles. The van der Waals surface area contributed by atoms with Crippen LogP contribution >= 0.6 is 11.3 Å². The molecular weight excluding hydrogens is 198 g/mol. The number of methoxy groups -OCH3 is 1. The summed E-state index contributed by atoms with van der Waals surface area (Å²) in [5.41, 5.74) is 7.15. The molecule has 0 saturated heterocycles. The zero-order valence-corrected chi connectivity index (χ0v) is 8.60. The van der Waals surface area contributed by atoms with Crippen molar-refractivity contribution in [3.05, 3.63) is 23.1 Å². The molecule has 0 aliphatic carbocycles. The average molecular weight is 209 g/mol. The quantitative estimate of drug-likeness (QED) is 0.744. The number of nitrogen functional groups attached to an aromatic ring is 1. The van der Waals surface area contributed by atoms with Gasteiger partial charge in [-0.3, -0.25) is 0 Å². The standard InChI is InChI=1S/C10H11NO2S/c1-13-9-7(5-12)10-6(2-3-14-10)4-8(9)11/h2-4,12H,5,11H2,1H3. The van der Waals surface area contributed by atoms with Gasteiger partial charge in [0.1, 0.15) is 5.75 Å². The lowest BCUT2D eigenvalue weighted by Gasteiger charge is -2.10. The van der Waals surface area contributed by atoms with Crippen LogP contribution in [0.15, 0.2) is 17.5 Å². The van der Waals surface area contributed by atoms with Gasteiger partial charge in [0.15, 0.2) is 0 Å². The van der Waals surface area contributed by atoms with Crippen LogP contribution in [0.25, 0.3) is 10.1 Å². The average Bonchev–Trinajstić information content (AvgIpc) is 2.62. The lowest BCUT2D eigenvalue weighted by Crippen LogP contribution is -1.97. The van der Waals surface area contributed by atoms with E-state index in [2.05, 4.69) is 0 Å². The summed E-state index contributed by atoms with van der Waals surface area (Å²) in [6.07, 6.45) is 0. The molecule has 14 heavy (non-hydrogen) atoms. The first-order chi connectivity index (χ1) is 6.77. The number of nitrogens with two attached hydrogens (primary N) is 1. The van der Waals surface area contributed by atoms with Crippen molar-refractivity contribution in [3.8, 4) is 5.75 Å². The minimum Gasteiger partial charge on any atom is -0.494 e. The van der Waals surface area contributed by atoms with Gasteiger partial charge < -0.3 is 15.6 Å². The highest BCUT2D eigenvalue weighted by atomic mass is 32.1. The molecule has 1 aromatic heterocycles. The molecule has 2 rings (SSSR count). The van der Waals surface area contributed by atoms with Gasteiger partial charge in [-0.25, -0.2) is 0 Å². The Morgan fingerprint density at radius 2 is 2.36 bits per heavy atom. The molecule has 0 fully saturated rings. The monoisotopic (exact) mass is 209 g/mol. The zero-order valence-electron chi connectivity index (χ0n) is 7.78. The van der Waals surface area contributed by atoms with Crippen LogP contribution in [-0.4, -0.2) is 12.2 Å². The number of benzene rings is 1. The Bertz CT molecular complexity index is 464. The Hall–Kier alpha value is -1.26. The molecule has 0 spiro atoms. The molecule has 3 N–H and O–H groups in total. The minimum absolute atomic E-state index is 0.0504. The van der Waals surface area contributed by atoms with Crippen molar-refractivity contribution in [1.82, 2.24) is 0 Å². The lowest BCUT2D eigenvalue weighted by atomic mass is 10.1. The van der Waals surface area contributed by atoms with Gasteiger partial charge in [0.2, 0.25) is 0 Å². The summed E-state index contributed by atoms with van der Waals surface area (Å²) in [5.74, 6) is 0.586. The smallest absolute Gasteiger partial charge is 0.148 e. The van der Waals surface area contributed by atoms with Gasteiger partial charge in [-0.2, -0.15) is 0 Å². The molecule has 0 aliphatic rings. The van der Waals surface area contributed by atoms with E-state index in [4.69, 9.17) is 10.5 Å². The third-order valence-electron chi connectivity index (χ3n) is 2.18. The van der Waals surface area contributed by atoms with Crippen LogP contribution in [0.4, 0.5) is 5.69 Å². The van der Waals surface area contributed by atoms with Crippen molar-refractivity contribution in [2.45, 2.75) is 6.61 Å². The Balaban J connectivity index is 2.82. The van der Waals surface area contributed by atoms with Gasteiger partial charge in [0.05, 0.1) is 19.4 Å². The summed E-state index contributed by atoms with van der Waals surface area (Å²) in [6, 6.07) is 3.85. The molecule has 1 aromatic carbocycles. The summed E-state index contributed by atoms with van der Waals surface area (Å²) in [6.45, 7) is -0.0504. The Kier molecular flexibility index (Phi) is 2.31. The van der Waals surface area contributed by atoms with Crippen molar-refractivity contribution in [3.63, 3.8) is 0 Å². The first-order valence-electron chi connectivity index (χ1n) is 4.21. The normalized spacial score (nSPS) is 10.7. The fraction of sp³-hybridized carbons (Fsp3) is 0.200. The first-order valence-corrected chi connectivity index (χ1v) is 5.09. The van der Waals surface area contributed by atoms with Crippen LogP contribution in [0.5, 0.6) is 5.75 Å². The van der Waals surface area contributed by atoms with E-state index in [0.29, 0.717) is 11.4 Å². The SMILES string of the molecule is COc1c(N)cc2ccsc2c1CO. The van der Waals surface area contributed by atoms with E-state index in [1.54, 1.807) is 18.4 Å². The summed E-state index contributed by atoms with van der Waals surface area (Å²) in [5, 5.41) is 12.3. The topological polar surface area (TPSA) is 55.5 Å². The third-order valence-corrected chi connectivity index (χ3v) is 3.17. The highest BCUT2D eigenvalue weighted by molar-refractivity contribution is 7.17. The molecule has 0 amide bonds. The number of fused-ring (bicyclic) bond motifs is 1. The number of anilines is 1. The Morgan fingerprint density at radius 3 is 3.00 bits per heavy atom. The zero-order chi connectivity index (χ0) is 10.1. The Labute approximate surface area is 85.7 Å². The van der Waals surface area contributed by atoms with Gasteiger partial charge in [-0.05, 0) is 22.9 Å². The largest absolute Gasteiger partial charge is 0.494 e. The van der Waals surface area contributed by atoms with Crippen LogP contribution in [0.1, 0.15) is 5.56 Å². The number of hydrogen-bond donors (Lipinski definition) is 2. The fourth-order valence-electron chi connectivity index (χ4n) is 1.57. The van der Waals surface area contributed by atoms with Crippen LogP contribution < -0.4 is 10.5 Å². The summed E-state index contributed by atoms with van der Waals surface area (Å²) in [7, 11) is 1.56. The Morgan fingerprint density at radius 1 is 1.57 bits per heavy atom. The number of aliphatic hydroxyl groups excluding tert-OH is 1. The van der Waals surface area contributed by atoms with Crippen LogP contribution in [0.2, 0.25) is 0 Å². The second-order valence-corrected chi connectivity index (χ2v) is 3.89. The molecule has 2 aromatic rings. The maximum atomic E-state index is 9.26. The van der Waals surface area contributed by atoms with Gasteiger partial charge in [0.25, 0.3) is 0 Å². The molecule has 0 bridgehead atoms. The van der Waals surface area contributed by atoms with Crippen LogP contribution in [-0.2, 0) is 6.61 Å². The van der Waals surface area contributed by atoms with Gasteiger partial charge in [0, 0.05) is 10.3 Å². The molecule has 0 saturated carbocycles. The maximum Gasteiger partial charge on any atom is 0.148 e. The van der Waals surface area contributed by atoms with E-state index in [9.17, 15) is 5.11 Å². The maximum absolute atomic E-state index is 9.26. The highest BCUT2D eigenvalue weighted by Gasteiger charge is 2.12. The van der Waals surface area contributed by atoms with Gasteiger partial charge in [-0.15, -0.1) is 11.3 Å². The molecule has 1 heterocycles. The number of ether oxygens (including phenoxy) is 1. The second kappa shape index (κ2) is 3.48. The minimum atomic E-state index is -0.0504. The van der Waals surface area contributed by atoms with Crippen LogP contribution in [0, 0.1) is 0 Å². The molecule has 74 valence electrons. The third kappa shape index (κ3) is 1.23. The lowest BCUT2D eigenvalue weighted by molar-refractivity contribution is 0.276. The summed E-state index contributed by atoms with van der Waals surface area (Å²) < 4.78 is 6.21. The van der Waals surface area contributed by atoms with Crippen molar-refractivity contribution in [2.75, 3.05) is 12.8 Å². The van der Waals surface area contributed by atoms with E-state index >= 15 is 0 Å².